The van der Waals surface area contributed by atoms with Crippen LogP contribution in [0.15, 0.2) is 36.7 Å². The van der Waals surface area contributed by atoms with Gasteiger partial charge in [-0.05, 0) is 5.56 Å². The summed E-state index contributed by atoms with van der Waals surface area (Å²) in [6.07, 6.45) is 2.40. The molecule has 2 aromatic rings. The Morgan fingerprint density at radius 1 is 1.38 bits per heavy atom. The second kappa shape index (κ2) is 7.54. The van der Waals surface area contributed by atoms with Gasteiger partial charge in [0.25, 0.3) is 0 Å². The summed E-state index contributed by atoms with van der Waals surface area (Å²) in [6.45, 7) is 1.24. The standard InChI is InChI=1S/C15H20N4O2/c1-19-11-17-14(18-19)8-9-16-10-13(15(20)21-2)12-6-4-3-5-7-12/h3-7,11,13,16H,8-10H2,1-2H3. The average Bonchev–Trinajstić information content (AvgIpc) is 2.93. The second-order valence-electron chi connectivity index (χ2n) is 4.78. The van der Waals surface area contributed by atoms with Crippen LogP contribution in [-0.2, 0) is 23.0 Å². The van der Waals surface area contributed by atoms with E-state index in [0.29, 0.717) is 13.1 Å². The molecule has 6 heteroatoms. The molecule has 1 N–H and O–H groups in total. The van der Waals surface area contributed by atoms with Gasteiger partial charge in [0, 0.05) is 26.6 Å². The van der Waals surface area contributed by atoms with E-state index in [1.54, 1.807) is 11.0 Å². The maximum Gasteiger partial charge on any atom is 0.314 e. The van der Waals surface area contributed by atoms with Gasteiger partial charge in [-0.1, -0.05) is 30.3 Å². The first kappa shape index (κ1) is 15.2. The van der Waals surface area contributed by atoms with E-state index in [1.165, 1.54) is 7.11 Å². The first-order valence-electron chi connectivity index (χ1n) is 6.88. The van der Waals surface area contributed by atoms with Crippen molar-refractivity contribution in [2.45, 2.75) is 12.3 Å². The number of benzene rings is 1. The number of hydrogen-bond donors (Lipinski definition) is 1. The van der Waals surface area contributed by atoms with Gasteiger partial charge in [0.05, 0.1) is 13.0 Å². The number of aromatic nitrogens is 3. The fourth-order valence-electron chi connectivity index (χ4n) is 2.11. The number of nitrogens with zero attached hydrogens (tertiary/aromatic N) is 3. The SMILES string of the molecule is COC(=O)C(CNCCc1ncn(C)n1)c1ccccc1. The van der Waals surface area contributed by atoms with Crippen molar-refractivity contribution < 1.29 is 9.53 Å². The van der Waals surface area contributed by atoms with Crippen LogP contribution < -0.4 is 5.32 Å². The van der Waals surface area contributed by atoms with E-state index in [9.17, 15) is 4.79 Å². The summed E-state index contributed by atoms with van der Waals surface area (Å²) in [5.41, 5.74) is 0.952. The quantitative estimate of drug-likeness (QED) is 0.605. The number of hydrogen-bond acceptors (Lipinski definition) is 5. The Hall–Kier alpha value is -2.21. The highest BCUT2D eigenvalue weighted by Gasteiger charge is 2.20. The Balaban J connectivity index is 1.86. The third-order valence-electron chi connectivity index (χ3n) is 3.21. The van der Waals surface area contributed by atoms with Crippen LogP contribution in [0.1, 0.15) is 17.3 Å². The van der Waals surface area contributed by atoms with Crippen LogP contribution in [-0.4, -0.2) is 40.9 Å². The van der Waals surface area contributed by atoms with E-state index < -0.39 is 0 Å². The summed E-state index contributed by atoms with van der Waals surface area (Å²) >= 11 is 0. The molecule has 0 aliphatic rings. The van der Waals surface area contributed by atoms with E-state index in [-0.39, 0.29) is 11.9 Å². The molecule has 0 saturated heterocycles. The van der Waals surface area contributed by atoms with Crippen molar-refractivity contribution in [1.82, 2.24) is 20.1 Å². The lowest BCUT2D eigenvalue weighted by molar-refractivity contribution is -0.142. The molecule has 0 aliphatic heterocycles. The highest BCUT2D eigenvalue weighted by Crippen LogP contribution is 2.16. The van der Waals surface area contributed by atoms with Crippen LogP contribution in [0, 0.1) is 0 Å². The third-order valence-corrected chi connectivity index (χ3v) is 3.21. The molecular formula is C15H20N4O2. The molecule has 6 nitrogen and oxygen atoms in total. The van der Waals surface area contributed by atoms with Crippen LogP contribution >= 0.6 is 0 Å². The van der Waals surface area contributed by atoms with Crippen molar-refractivity contribution in [3.63, 3.8) is 0 Å². The molecule has 1 atom stereocenters. The lowest BCUT2D eigenvalue weighted by atomic mass is 9.99. The summed E-state index contributed by atoms with van der Waals surface area (Å²) in [5, 5.41) is 7.48. The number of carbonyl (C=O) groups is 1. The van der Waals surface area contributed by atoms with Crippen molar-refractivity contribution in [3.05, 3.63) is 48.0 Å². The van der Waals surface area contributed by atoms with Gasteiger partial charge in [0.2, 0.25) is 0 Å². The van der Waals surface area contributed by atoms with E-state index in [4.69, 9.17) is 4.74 Å². The molecule has 1 heterocycles. The van der Waals surface area contributed by atoms with Crippen LogP contribution in [0.25, 0.3) is 0 Å². The summed E-state index contributed by atoms with van der Waals surface area (Å²) in [7, 11) is 3.25. The minimum absolute atomic E-state index is 0.232. The van der Waals surface area contributed by atoms with Crippen LogP contribution in [0.3, 0.4) is 0 Å². The van der Waals surface area contributed by atoms with Gasteiger partial charge in [-0.25, -0.2) is 4.98 Å². The number of rotatable bonds is 7. The summed E-state index contributed by atoms with van der Waals surface area (Å²) < 4.78 is 6.56. The first-order valence-corrected chi connectivity index (χ1v) is 6.88. The number of aryl methyl sites for hydroxylation is 1. The zero-order valence-electron chi connectivity index (χ0n) is 12.3. The molecule has 0 aliphatic carbocycles. The largest absolute Gasteiger partial charge is 0.469 e. The molecule has 0 saturated carbocycles. The van der Waals surface area contributed by atoms with Crippen molar-refractivity contribution in [1.29, 1.82) is 0 Å². The molecule has 21 heavy (non-hydrogen) atoms. The first-order chi connectivity index (χ1) is 10.2. The predicted molar refractivity (Wildman–Crippen MR) is 78.8 cm³/mol. The smallest absolute Gasteiger partial charge is 0.314 e. The average molecular weight is 288 g/mol. The minimum Gasteiger partial charge on any atom is -0.469 e. The Morgan fingerprint density at radius 3 is 2.76 bits per heavy atom. The summed E-state index contributed by atoms with van der Waals surface area (Å²) in [5.74, 6) is 0.261. The van der Waals surface area contributed by atoms with Gasteiger partial charge in [-0.15, -0.1) is 0 Å². The van der Waals surface area contributed by atoms with Gasteiger partial charge < -0.3 is 10.1 Å². The van der Waals surface area contributed by atoms with Gasteiger partial charge in [-0.2, -0.15) is 5.10 Å². The highest BCUT2D eigenvalue weighted by molar-refractivity contribution is 5.78. The molecule has 0 spiro atoms. The Bertz CT molecular complexity index is 568. The normalized spacial score (nSPS) is 12.1. The Morgan fingerprint density at radius 2 is 2.14 bits per heavy atom. The van der Waals surface area contributed by atoms with Crippen LogP contribution in [0.2, 0.25) is 0 Å². The highest BCUT2D eigenvalue weighted by atomic mass is 16.5. The molecule has 0 radical (unpaired) electrons. The van der Waals surface area contributed by atoms with Crippen molar-refractivity contribution in [3.8, 4) is 0 Å². The van der Waals surface area contributed by atoms with E-state index >= 15 is 0 Å². The summed E-state index contributed by atoms with van der Waals surface area (Å²) in [6, 6.07) is 9.64. The Labute approximate surface area is 124 Å². The lowest BCUT2D eigenvalue weighted by Crippen LogP contribution is -2.29. The fraction of sp³-hybridized carbons (Fsp3) is 0.400. The van der Waals surface area contributed by atoms with Crippen LogP contribution in [0.5, 0.6) is 0 Å². The van der Waals surface area contributed by atoms with E-state index in [2.05, 4.69) is 15.4 Å². The van der Waals surface area contributed by atoms with Gasteiger partial charge in [0.15, 0.2) is 5.82 Å². The van der Waals surface area contributed by atoms with Crippen molar-refractivity contribution >= 4 is 5.97 Å². The molecule has 0 bridgehead atoms. The van der Waals surface area contributed by atoms with E-state index in [1.807, 2.05) is 37.4 Å². The number of carbonyl (C=O) groups excluding carboxylic acids is 1. The molecule has 2 rings (SSSR count). The van der Waals surface area contributed by atoms with Crippen molar-refractivity contribution in [2.24, 2.45) is 7.05 Å². The zero-order valence-corrected chi connectivity index (χ0v) is 12.3. The predicted octanol–water partition coefficient (Wildman–Crippen LogP) is 0.904. The zero-order chi connectivity index (χ0) is 15.1. The van der Waals surface area contributed by atoms with Crippen molar-refractivity contribution in [2.75, 3.05) is 20.2 Å². The number of esters is 1. The second-order valence-corrected chi connectivity index (χ2v) is 4.78. The van der Waals surface area contributed by atoms with Gasteiger partial charge in [0.1, 0.15) is 6.33 Å². The maximum atomic E-state index is 11.9. The molecular weight excluding hydrogens is 268 g/mol. The van der Waals surface area contributed by atoms with Crippen LogP contribution in [0.4, 0.5) is 0 Å². The summed E-state index contributed by atoms with van der Waals surface area (Å²) in [4.78, 5) is 16.1. The molecule has 1 aromatic carbocycles. The van der Waals surface area contributed by atoms with Gasteiger partial charge in [-0.3, -0.25) is 9.48 Å². The molecule has 0 fully saturated rings. The Kier molecular flexibility index (Phi) is 5.45. The van der Waals surface area contributed by atoms with E-state index in [0.717, 1.165) is 17.8 Å². The fourth-order valence-corrected chi connectivity index (χ4v) is 2.11. The number of methoxy groups -OCH3 is 1. The molecule has 112 valence electrons. The lowest BCUT2D eigenvalue weighted by Gasteiger charge is -2.15. The monoisotopic (exact) mass is 288 g/mol. The topological polar surface area (TPSA) is 69.0 Å². The number of nitrogens with one attached hydrogen (secondary N) is 1. The number of ether oxygens (including phenoxy) is 1. The molecule has 0 amide bonds. The maximum absolute atomic E-state index is 11.9. The third kappa shape index (κ3) is 4.39. The van der Waals surface area contributed by atoms with Gasteiger partial charge >= 0.3 is 5.97 Å². The molecule has 1 aromatic heterocycles. The minimum atomic E-state index is -0.298. The molecule has 1 unspecified atom stereocenters.